The second-order valence-electron chi connectivity index (χ2n) is 3.91. The summed E-state index contributed by atoms with van der Waals surface area (Å²) in [6.45, 7) is 1.31. The number of esters is 1. The summed E-state index contributed by atoms with van der Waals surface area (Å²) in [5.41, 5.74) is 0. The average Bonchev–Trinajstić information content (AvgIpc) is 2.69. The zero-order valence-electron chi connectivity index (χ0n) is 10.5. The van der Waals surface area contributed by atoms with E-state index in [4.69, 9.17) is 14.6 Å². The van der Waals surface area contributed by atoms with Crippen molar-refractivity contribution in [3.63, 3.8) is 0 Å². The highest BCUT2D eigenvalue weighted by Crippen LogP contribution is 2.24. The summed E-state index contributed by atoms with van der Waals surface area (Å²) in [4.78, 5) is 11.1. The molecule has 0 amide bonds. The van der Waals surface area contributed by atoms with Crippen molar-refractivity contribution in [1.82, 2.24) is 0 Å². The summed E-state index contributed by atoms with van der Waals surface area (Å²) < 4.78 is 14.7. The van der Waals surface area contributed by atoms with Crippen molar-refractivity contribution in [2.45, 2.75) is 25.2 Å². The third-order valence-electron chi connectivity index (χ3n) is 2.40. The second kappa shape index (κ2) is 7.29. The number of ether oxygens (including phenoxy) is 3. The molecule has 1 heterocycles. The fourth-order valence-corrected chi connectivity index (χ4v) is 1.45. The molecule has 8 nitrogen and oxygen atoms in total. The topological polar surface area (TPSA) is 126 Å². The number of hydrogen-bond acceptors (Lipinski definition) is 8. The van der Waals surface area contributed by atoms with E-state index in [9.17, 15) is 20.1 Å². The Balaban J connectivity index is 2.59. The number of aliphatic hydroxyl groups excluding tert-OH is 4. The Morgan fingerprint density at radius 1 is 1.37 bits per heavy atom. The first-order valence-electron chi connectivity index (χ1n) is 5.82. The van der Waals surface area contributed by atoms with Gasteiger partial charge in [0.25, 0.3) is 0 Å². The molecule has 0 aromatic rings. The van der Waals surface area contributed by atoms with E-state index >= 15 is 0 Å². The molecule has 110 valence electrons. The minimum absolute atomic E-state index is 0.0343. The van der Waals surface area contributed by atoms with Crippen LogP contribution in [-0.2, 0) is 19.0 Å². The molecule has 0 spiro atoms. The van der Waals surface area contributed by atoms with Gasteiger partial charge in [-0.05, 0) is 6.92 Å². The maximum atomic E-state index is 11.1. The number of carbonyl (C=O) groups excluding carboxylic acids is 1. The molecule has 19 heavy (non-hydrogen) atoms. The molecule has 0 fully saturated rings. The molecule has 8 heteroatoms. The largest absolute Gasteiger partial charge is 0.499 e. The molecule has 0 aliphatic carbocycles. The predicted molar refractivity (Wildman–Crippen MR) is 61.1 cm³/mol. The first-order valence-corrected chi connectivity index (χ1v) is 5.82. The second-order valence-corrected chi connectivity index (χ2v) is 3.91. The van der Waals surface area contributed by atoms with E-state index in [-0.39, 0.29) is 19.0 Å². The monoisotopic (exact) mass is 278 g/mol. The Morgan fingerprint density at radius 3 is 2.63 bits per heavy atom. The Morgan fingerprint density at radius 2 is 2.05 bits per heavy atom. The normalized spacial score (nSPS) is 22.3. The van der Waals surface area contributed by atoms with Crippen LogP contribution in [0.4, 0.5) is 0 Å². The van der Waals surface area contributed by atoms with Gasteiger partial charge < -0.3 is 34.6 Å². The van der Waals surface area contributed by atoms with Gasteiger partial charge in [0.05, 0.1) is 13.2 Å². The molecular weight excluding hydrogens is 260 g/mol. The van der Waals surface area contributed by atoms with Crippen LogP contribution in [-0.4, -0.2) is 71.1 Å². The van der Waals surface area contributed by atoms with Gasteiger partial charge in [-0.15, -0.1) is 0 Å². The van der Waals surface area contributed by atoms with Gasteiger partial charge in [-0.3, -0.25) is 0 Å². The van der Waals surface area contributed by atoms with E-state index in [1.54, 1.807) is 6.92 Å². The Kier molecular flexibility index (Phi) is 6.03. The van der Waals surface area contributed by atoms with Crippen molar-refractivity contribution < 1.29 is 39.4 Å². The van der Waals surface area contributed by atoms with Crippen molar-refractivity contribution in [2.24, 2.45) is 0 Å². The van der Waals surface area contributed by atoms with E-state index in [1.807, 2.05) is 0 Å². The molecule has 3 unspecified atom stereocenters. The van der Waals surface area contributed by atoms with E-state index in [0.717, 1.165) is 0 Å². The number of cyclic esters (lactones) is 1. The van der Waals surface area contributed by atoms with Crippen molar-refractivity contribution >= 4 is 5.97 Å². The quantitative estimate of drug-likeness (QED) is 0.393. The van der Waals surface area contributed by atoms with Crippen molar-refractivity contribution in [3.8, 4) is 0 Å². The van der Waals surface area contributed by atoms with Crippen LogP contribution in [0.5, 0.6) is 0 Å². The van der Waals surface area contributed by atoms with Gasteiger partial charge in [0, 0.05) is 6.61 Å². The van der Waals surface area contributed by atoms with Crippen molar-refractivity contribution in [3.05, 3.63) is 11.5 Å². The fourth-order valence-electron chi connectivity index (χ4n) is 1.45. The van der Waals surface area contributed by atoms with Gasteiger partial charge in [-0.1, -0.05) is 0 Å². The highest BCUT2D eigenvalue weighted by Gasteiger charge is 2.40. The van der Waals surface area contributed by atoms with E-state index in [1.165, 1.54) is 0 Å². The molecule has 0 aromatic carbocycles. The Hall–Kier alpha value is -1.35. The Bertz CT molecular complexity index is 340. The van der Waals surface area contributed by atoms with Crippen molar-refractivity contribution in [2.75, 3.05) is 26.4 Å². The van der Waals surface area contributed by atoms with Gasteiger partial charge in [-0.25, -0.2) is 4.79 Å². The minimum Gasteiger partial charge on any atom is -0.499 e. The standard InChI is InChI=1S/C11H18O8/c1-2-17-4-6(13)5-18-10-8(15)11(16)19-9(10)7(14)3-12/h6-7,9,12-15H,2-5H2,1H3. The Labute approximate surface area is 109 Å². The molecule has 3 atom stereocenters. The molecular formula is C11H18O8. The van der Waals surface area contributed by atoms with Crippen LogP contribution in [0.1, 0.15) is 6.92 Å². The lowest BCUT2D eigenvalue weighted by atomic mass is 10.2. The zero-order valence-corrected chi connectivity index (χ0v) is 10.5. The van der Waals surface area contributed by atoms with Gasteiger partial charge in [-0.2, -0.15) is 0 Å². The molecule has 4 N–H and O–H groups in total. The summed E-state index contributed by atoms with van der Waals surface area (Å²) in [5.74, 6) is -2.13. The highest BCUT2D eigenvalue weighted by atomic mass is 16.6. The van der Waals surface area contributed by atoms with Gasteiger partial charge in [0.2, 0.25) is 5.76 Å². The SMILES string of the molecule is CCOCC(O)COC1=C(O)C(=O)OC1C(O)CO. The number of aliphatic hydroxyl groups is 4. The lowest BCUT2D eigenvalue weighted by Crippen LogP contribution is -2.33. The maximum Gasteiger partial charge on any atom is 0.378 e. The molecule has 0 saturated carbocycles. The van der Waals surface area contributed by atoms with Crippen LogP contribution >= 0.6 is 0 Å². The van der Waals surface area contributed by atoms with Gasteiger partial charge >= 0.3 is 5.97 Å². The fraction of sp³-hybridized carbons (Fsp3) is 0.727. The summed E-state index contributed by atoms with van der Waals surface area (Å²) in [5, 5.41) is 37.2. The van der Waals surface area contributed by atoms with E-state index in [2.05, 4.69) is 4.74 Å². The molecule has 0 aromatic heterocycles. The molecule has 1 aliphatic rings. The van der Waals surface area contributed by atoms with Gasteiger partial charge in [0.1, 0.15) is 18.8 Å². The van der Waals surface area contributed by atoms with Crippen LogP contribution in [0.25, 0.3) is 0 Å². The number of carbonyl (C=O) groups is 1. The smallest absolute Gasteiger partial charge is 0.378 e. The maximum absolute atomic E-state index is 11.1. The van der Waals surface area contributed by atoms with Crippen LogP contribution in [0.3, 0.4) is 0 Å². The van der Waals surface area contributed by atoms with Gasteiger partial charge in [0.15, 0.2) is 11.9 Å². The van der Waals surface area contributed by atoms with Crippen molar-refractivity contribution in [1.29, 1.82) is 0 Å². The van der Waals surface area contributed by atoms with Crippen LogP contribution in [0.2, 0.25) is 0 Å². The summed E-state index contributed by atoms with van der Waals surface area (Å²) in [7, 11) is 0. The number of hydrogen-bond donors (Lipinski definition) is 4. The number of rotatable bonds is 8. The highest BCUT2D eigenvalue weighted by molar-refractivity contribution is 5.89. The molecule has 0 saturated heterocycles. The average molecular weight is 278 g/mol. The van der Waals surface area contributed by atoms with E-state index in [0.29, 0.717) is 6.61 Å². The third kappa shape index (κ3) is 4.06. The predicted octanol–water partition coefficient (Wildman–Crippen LogP) is -1.55. The lowest BCUT2D eigenvalue weighted by molar-refractivity contribution is -0.148. The zero-order chi connectivity index (χ0) is 14.4. The van der Waals surface area contributed by atoms with Crippen LogP contribution in [0, 0.1) is 0 Å². The minimum atomic E-state index is -1.41. The van der Waals surface area contributed by atoms with Crippen LogP contribution < -0.4 is 0 Å². The summed E-state index contributed by atoms with van der Waals surface area (Å²) in [6, 6.07) is 0. The van der Waals surface area contributed by atoms with E-state index < -0.39 is 36.6 Å². The lowest BCUT2D eigenvalue weighted by Gasteiger charge is -2.19. The molecule has 1 rings (SSSR count). The summed E-state index contributed by atoms with van der Waals surface area (Å²) in [6.07, 6.45) is -3.65. The first kappa shape index (κ1) is 15.7. The summed E-state index contributed by atoms with van der Waals surface area (Å²) >= 11 is 0. The first-order chi connectivity index (χ1) is 9.01. The molecule has 0 radical (unpaired) electrons. The van der Waals surface area contributed by atoms with Crippen LogP contribution in [0.15, 0.2) is 11.5 Å². The third-order valence-corrected chi connectivity index (χ3v) is 2.40. The molecule has 1 aliphatic heterocycles. The molecule has 0 bridgehead atoms.